The van der Waals surface area contributed by atoms with Crippen molar-refractivity contribution >= 4 is 46.5 Å². The van der Waals surface area contributed by atoms with Gasteiger partial charge in [-0.3, -0.25) is 19.2 Å². The number of alkyl halides is 1. The molecule has 9 nitrogen and oxygen atoms in total. The van der Waals surface area contributed by atoms with Crippen LogP contribution < -0.4 is 0 Å². The zero-order valence-corrected chi connectivity index (χ0v) is 22.1. The highest BCUT2D eigenvalue weighted by molar-refractivity contribution is 14.1. The molecule has 0 aromatic heterocycles. The van der Waals surface area contributed by atoms with Crippen LogP contribution in [0.15, 0.2) is 0 Å². The third kappa shape index (κ3) is 26.6. The van der Waals surface area contributed by atoms with E-state index in [1.807, 2.05) is 25.7 Å². The van der Waals surface area contributed by atoms with Gasteiger partial charge in [0.15, 0.2) is 0 Å². The average Bonchev–Trinajstić information content (AvgIpc) is 2.68. The number of carbonyl (C=O) groups is 4. The van der Waals surface area contributed by atoms with E-state index in [1.165, 1.54) is 21.3 Å². The molecule has 0 bridgehead atoms. The van der Waals surface area contributed by atoms with Crippen LogP contribution in [-0.4, -0.2) is 68.5 Å². The summed E-state index contributed by atoms with van der Waals surface area (Å²) in [7, 11) is 3.99. The first kappa shape index (κ1) is 36.0. The van der Waals surface area contributed by atoms with Gasteiger partial charge in [0.05, 0.1) is 51.6 Å². The van der Waals surface area contributed by atoms with Gasteiger partial charge in [0.1, 0.15) is 6.61 Å². The van der Waals surface area contributed by atoms with Crippen LogP contribution in [0.4, 0.5) is 0 Å². The Kier molecular flexibility index (Phi) is 25.0. The Hall–Kier alpha value is -1.43. The molecule has 0 rings (SSSR count). The van der Waals surface area contributed by atoms with Crippen LogP contribution in [0.3, 0.4) is 0 Å². The summed E-state index contributed by atoms with van der Waals surface area (Å²) in [6, 6.07) is 0. The maximum absolute atomic E-state index is 11.2. The molecule has 0 saturated heterocycles. The zero-order chi connectivity index (χ0) is 25.0. The molecular formula is C20H39IO9. The molecule has 30 heavy (non-hydrogen) atoms. The predicted octanol–water partition coefficient (Wildman–Crippen LogP) is 2.94. The van der Waals surface area contributed by atoms with Crippen molar-refractivity contribution < 1.29 is 43.2 Å². The summed E-state index contributed by atoms with van der Waals surface area (Å²) in [6.45, 7) is 10.7. The Balaban J connectivity index is -0.000000172. The predicted molar refractivity (Wildman–Crippen MR) is 122 cm³/mol. The highest BCUT2D eigenvalue weighted by atomic mass is 127. The molecule has 180 valence electrons. The lowest BCUT2D eigenvalue weighted by Crippen LogP contribution is -2.24. The molecule has 0 aromatic carbocycles. The number of aliphatic hydroxyl groups is 1. The largest absolute Gasteiger partial charge is 0.469 e. The number of carbonyl (C=O) groups excluding carboxylic acids is 4. The second-order valence-electron chi connectivity index (χ2n) is 7.50. The summed E-state index contributed by atoms with van der Waals surface area (Å²) in [5.41, 5.74) is -0.870. The van der Waals surface area contributed by atoms with Crippen LogP contribution in [0, 0.1) is 10.8 Å². The summed E-state index contributed by atoms with van der Waals surface area (Å²) >= 11 is 2.15. The normalized spacial score (nSPS) is 9.73. The summed E-state index contributed by atoms with van der Waals surface area (Å²) in [5.74, 6) is -1.22. The lowest BCUT2D eigenvalue weighted by Gasteiger charge is -2.15. The summed E-state index contributed by atoms with van der Waals surface area (Å²) in [4.78, 5) is 44.4. The van der Waals surface area contributed by atoms with Gasteiger partial charge >= 0.3 is 23.9 Å². The van der Waals surface area contributed by atoms with E-state index in [0.717, 1.165) is 0 Å². The molecule has 0 aromatic rings. The Morgan fingerprint density at radius 2 is 1.07 bits per heavy atom. The molecule has 0 saturated carbocycles. The van der Waals surface area contributed by atoms with Crippen molar-refractivity contribution in [3.05, 3.63) is 0 Å². The second-order valence-corrected chi connectivity index (χ2v) is 7.50. The van der Waals surface area contributed by atoms with E-state index in [-0.39, 0.29) is 55.3 Å². The fraction of sp³-hybridized carbons (Fsp3) is 0.800. The van der Waals surface area contributed by atoms with Crippen LogP contribution in [0.2, 0.25) is 0 Å². The van der Waals surface area contributed by atoms with E-state index in [1.54, 1.807) is 20.8 Å². The molecule has 0 fully saturated rings. The van der Waals surface area contributed by atoms with Crippen molar-refractivity contribution in [1.82, 2.24) is 0 Å². The highest BCUT2D eigenvalue weighted by Gasteiger charge is 2.23. The Labute approximate surface area is 194 Å². The van der Waals surface area contributed by atoms with Crippen LogP contribution in [0.5, 0.6) is 0 Å². The molecule has 0 unspecified atom stereocenters. The Morgan fingerprint density at radius 1 is 0.700 bits per heavy atom. The number of esters is 4. The van der Waals surface area contributed by atoms with Crippen molar-refractivity contribution in [2.24, 2.45) is 10.8 Å². The fourth-order valence-corrected chi connectivity index (χ4v) is 1.05. The second kappa shape index (κ2) is 20.8. The van der Waals surface area contributed by atoms with Gasteiger partial charge in [0.25, 0.3) is 0 Å². The third-order valence-electron chi connectivity index (χ3n) is 2.72. The van der Waals surface area contributed by atoms with Crippen molar-refractivity contribution in [3.8, 4) is 0 Å². The number of aliphatic hydroxyl groups excluding tert-OH is 1. The number of hydrogen-bond acceptors (Lipinski definition) is 9. The Bertz CT molecular complexity index is 478. The first-order chi connectivity index (χ1) is 13.7. The molecule has 0 aliphatic heterocycles. The third-order valence-corrected chi connectivity index (χ3v) is 2.72. The van der Waals surface area contributed by atoms with Crippen molar-refractivity contribution in [2.45, 2.75) is 54.4 Å². The number of halogens is 1. The van der Waals surface area contributed by atoms with E-state index in [0.29, 0.717) is 0 Å². The molecule has 0 atom stereocenters. The fourth-order valence-electron chi connectivity index (χ4n) is 1.05. The van der Waals surface area contributed by atoms with Crippen LogP contribution in [-0.2, 0) is 38.1 Å². The summed E-state index contributed by atoms with van der Waals surface area (Å²) in [6.07, 6.45) is 0.203. The smallest absolute Gasteiger partial charge is 0.311 e. The van der Waals surface area contributed by atoms with Crippen molar-refractivity contribution in [3.63, 3.8) is 0 Å². The van der Waals surface area contributed by atoms with Gasteiger partial charge in [-0.1, -0.05) is 22.6 Å². The molecule has 0 aliphatic carbocycles. The van der Waals surface area contributed by atoms with Crippen LogP contribution in [0.25, 0.3) is 0 Å². The van der Waals surface area contributed by atoms with E-state index < -0.39 is 5.41 Å². The zero-order valence-electron chi connectivity index (χ0n) is 19.9. The molecule has 10 heteroatoms. The lowest BCUT2D eigenvalue weighted by molar-refractivity contribution is -0.155. The molecular weight excluding hydrogens is 511 g/mol. The minimum Gasteiger partial charge on any atom is -0.469 e. The number of methoxy groups -OCH3 is 3. The molecule has 0 spiro atoms. The van der Waals surface area contributed by atoms with Crippen LogP contribution in [0.1, 0.15) is 54.4 Å². The monoisotopic (exact) mass is 550 g/mol. The first-order valence-electron chi connectivity index (χ1n) is 9.05. The summed E-state index contributed by atoms with van der Waals surface area (Å²) < 4.78 is 17.9. The van der Waals surface area contributed by atoms with Crippen molar-refractivity contribution in [2.75, 3.05) is 39.5 Å². The van der Waals surface area contributed by atoms with E-state index >= 15 is 0 Å². The molecule has 0 heterocycles. The topological polar surface area (TPSA) is 125 Å². The first-order valence-corrected chi connectivity index (χ1v) is 11.2. The number of ether oxygens (including phenoxy) is 4. The van der Waals surface area contributed by atoms with Gasteiger partial charge < -0.3 is 24.1 Å². The standard InChI is InChI=1S/C9H16O4.C6H12O2.C4H8O3.CH3I/c1-9(2,3)8(11)13-6-5-7(10)12-4;1-6(2,3)5(7)8-4;1-7-4(6)2-3-5;1-2/h5-6H2,1-4H3;1-4H3;5H,2-3H2,1H3;1H3. The van der Waals surface area contributed by atoms with Gasteiger partial charge in [-0.25, -0.2) is 0 Å². The maximum Gasteiger partial charge on any atom is 0.311 e. The SMILES string of the molecule is CI.COC(=O)C(C)(C)C.COC(=O)CCO.COC(=O)CCOC(=O)C(C)(C)C. The van der Waals surface area contributed by atoms with E-state index in [9.17, 15) is 19.2 Å². The van der Waals surface area contributed by atoms with Crippen molar-refractivity contribution in [1.29, 1.82) is 0 Å². The molecule has 0 amide bonds. The minimum absolute atomic E-state index is 0.0861. The average molecular weight is 550 g/mol. The Morgan fingerprint density at radius 3 is 1.27 bits per heavy atom. The summed E-state index contributed by atoms with van der Waals surface area (Å²) in [5, 5.41) is 8.07. The van der Waals surface area contributed by atoms with Gasteiger partial charge in [-0.2, -0.15) is 0 Å². The van der Waals surface area contributed by atoms with E-state index in [4.69, 9.17) is 9.84 Å². The molecule has 1 N–H and O–H groups in total. The van der Waals surface area contributed by atoms with Gasteiger partial charge in [0.2, 0.25) is 0 Å². The molecule has 0 aliphatic rings. The highest BCUT2D eigenvalue weighted by Crippen LogP contribution is 2.15. The minimum atomic E-state index is -0.518. The van der Waals surface area contributed by atoms with Gasteiger partial charge in [-0.15, -0.1) is 0 Å². The molecule has 0 radical (unpaired) electrons. The maximum atomic E-state index is 11.2. The lowest BCUT2D eigenvalue weighted by atomic mass is 9.97. The van der Waals surface area contributed by atoms with E-state index in [2.05, 4.69) is 36.8 Å². The number of rotatable bonds is 5. The van der Waals surface area contributed by atoms with Crippen LogP contribution >= 0.6 is 22.6 Å². The quantitative estimate of drug-likeness (QED) is 0.238. The van der Waals surface area contributed by atoms with Gasteiger partial charge in [0, 0.05) is 0 Å². The van der Waals surface area contributed by atoms with Gasteiger partial charge in [-0.05, 0) is 46.5 Å². The number of hydrogen-bond donors (Lipinski definition) is 1.